The number of hydrogen-bond donors (Lipinski definition) is 0. The van der Waals surface area contributed by atoms with Gasteiger partial charge in [-0.15, -0.1) is 0 Å². The van der Waals surface area contributed by atoms with Crippen LogP contribution in [0.5, 0.6) is 0 Å². The Labute approximate surface area is 201 Å². The fourth-order valence-corrected chi connectivity index (χ4v) is 3.76. The number of rotatable bonds is 8. The molecular formula is C23H19ClF6N2O3. The van der Waals surface area contributed by atoms with Gasteiger partial charge in [0.05, 0.1) is 13.1 Å². The molecule has 0 atom stereocenters. The van der Waals surface area contributed by atoms with Crippen molar-refractivity contribution in [3.05, 3.63) is 69.7 Å². The molecule has 2 aromatic carbocycles. The lowest BCUT2D eigenvalue weighted by Crippen LogP contribution is -2.60. The number of urea groups is 1. The smallest absolute Gasteiger partial charge is 0.274 e. The van der Waals surface area contributed by atoms with Gasteiger partial charge in [-0.05, 0) is 35.7 Å². The standard InChI is InChI=1S/C23H19ClF6N2O3/c1-13-7-14(5-6-16(13)24)9-22(27,28)11-31-18(33)8-19(34)32(21(31)35)12-23(29,30)10-15-3-2-4-17(25)20(15)26/h2-7H,8-12H2,1H3. The van der Waals surface area contributed by atoms with Crippen LogP contribution in [-0.4, -0.2) is 52.6 Å². The van der Waals surface area contributed by atoms with E-state index in [9.17, 15) is 40.7 Å². The van der Waals surface area contributed by atoms with Gasteiger partial charge in [-0.2, -0.15) is 0 Å². The number of barbiturate groups is 1. The van der Waals surface area contributed by atoms with Crippen LogP contribution in [0.25, 0.3) is 0 Å². The summed E-state index contributed by atoms with van der Waals surface area (Å²) in [6.45, 7) is -1.45. The number of halogens is 7. The van der Waals surface area contributed by atoms with E-state index in [4.69, 9.17) is 11.6 Å². The largest absolute Gasteiger partial charge is 0.333 e. The second kappa shape index (κ2) is 9.88. The van der Waals surface area contributed by atoms with Crippen LogP contribution in [-0.2, 0) is 22.4 Å². The highest BCUT2D eigenvalue weighted by Gasteiger charge is 2.47. The molecule has 0 spiro atoms. The normalized spacial score (nSPS) is 15.3. The maximum Gasteiger partial charge on any atom is 0.333 e. The molecule has 0 aliphatic carbocycles. The molecule has 2 aromatic rings. The van der Waals surface area contributed by atoms with Gasteiger partial charge < -0.3 is 0 Å². The molecule has 1 aliphatic rings. The molecule has 12 heteroatoms. The summed E-state index contributed by atoms with van der Waals surface area (Å²) in [4.78, 5) is 36.9. The highest BCUT2D eigenvalue weighted by Crippen LogP contribution is 2.29. The predicted octanol–water partition coefficient (Wildman–Crippen LogP) is 5.16. The van der Waals surface area contributed by atoms with E-state index in [0.717, 1.165) is 18.2 Å². The lowest BCUT2D eigenvalue weighted by Gasteiger charge is -2.36. The molecule has 4 amide bonds. The molecule has 0 aromatic heterocycles. The third kappa shape index (κ3) is 6.33. The average molecular weight is 521 g/mol. The van der Waals surface area contributed by atoms with Crippen LogP contribution in [0.4, 0.5) is 31.1 Å². The molecule has 0 saturated carbocycles. The summed E-state index contributed by atoms with van der Waals surface area (Å²) < 4.78 is 85.7. The van der Waals surface area contributed by atoms with Crippen molar-refractivity contribution in [2.24, 2.45) is 0 Å². The van der Waals surface area contributed by atoms with Gasteiger partial charge in [0.15, 0.2) is 11.6 Å². The molecule has 1 fully saturated rings. The second-order valence-electron chi connectivity index (χ2n) is 8.28. The number of carbonyl (C=O) groups excluding carboxylic acids is 3. The Balaban J connectivity index is 1.75. The number of alkyl halides is 4. The van der Waals surface area contributed by atoms with Gasteiger partial charge in [-0.3, -0.25) is 19.4 Å². The minimum atomic E-state index is -3.94. The summed E-state index contributed by atoms with van der Waals surface area (Å²) in [6.07, 6.45) is -3.33. The van der Waals surface area contributed by atoms with Crippen molar-refractivity contribution in [3.63, 3.8) is 0 Å². The Morgan fingerprint density at radius 2 is 1.46 bits per heavy atom. The van der Waals surface area contributed by atoms with Crippen LogP contribution < -0.4 is 0 Å². The van der Waals surface area contributed by atoms with Crippen molar-refractivity contribution >= 4 is 29.4 Å². The van der Waals surface area contributed by atoms with E-state index in [1.54, 1.807) is 6.92 Å². The molecule has 1 saturated heterocycles. The molecule has 3 rings (SSSR count). The van der Waals surface area contributed by atoms with Crippen LogP contribution >= 0.6 is 11.6 Å². The Morgan fingerprint density at radius 3 is 2.03 bits per heavy atom. The maximum atomic E-state index is 14.7. The third-order valence-corrected chi connectivity index (χ3v) is 5.74. The summed E-state index contributed by atoms with van der Waals surface area (Å²) in [7, 11) is 0. The first-order valence-electron chi connectivity index (χ1n) is 10.3. The van der Waals surface area contributed by atoms with Gasteiger partial charge in [0.1, 0.15) is 6.42 Å². The molecule has 35 heavy (non-hydrogen) atoms. The van der Waals surface area contributed by atoms with Crippen molar-refractivity contribution in [2.75, 3.05) is 13.1 Å². The van der Waals surface area contributed by atoms with E-state index in [0.29, 0.717) is 10.6 Å². The average Bonchev–Trinajstić information content (AvgIpc) is 2.74. The van der Waals surface area contributed by atoms with Gasteiger partial charge in [0.25, 0.3) is 11.8 Å². The van der Waals surface area contributed by atoms with Crippen LogP contribution in [0.3, 0.4) is 0 Å². The summed E-state index contributed by atoms with van der Waals surface area (Å²) >= 11 is 5.87. The number of hydrogen-bond acceptors (Lipinski definition) is 3. The number of imide groups is 2. The van der Waals surface area contributed by atoms with Crippen molar-refractivity contribution in [1.82, 2.24) is 9.80 Å². The Kier molecular flexibility index (Phi) is 7.49. The SMILES string of the molecule is Cc1cc(CC(F)(F)CN2C(=O)CC(=O)N(CC(F)(F)Cc3cccc(F)c3F)C2=O)ccc1Cl. The van der Waals surface area contributed by atoms with Crippen molar-refractivity contribution < 1.29 is 40.7 Å². The highest BCUT2D eigenvalue weighted by molar-refractivity contribution is 6.31. The fourth-order valence-electron chi connectivity index (χ4n) is 3.64. The first kappa shape index (κ1) is 26.5. The zero-order valence-corrected chi connectivity index (χ0v) is 19.0. The first-order chi connectivity index (χ1) is 16.2. The third-order valence-electron chi connectivity index (χ3n) is 5.31. The number of aryl methyl sites for hydroxylation is 1. The molecule has 0 unspecified atom stereocenters. The molecule has 0 radical (unpaired) electrons. The number of nitrogens with zero attached hydrogens (tertiary/aromatic N) is 2. The van der Waals surface area contributed by atoms with Crippen molar-refractivity contribution in [2.45, 2.75) is 38.0 Å². The van der Waals surface area contributed by atoms with E-state index in [2.05, 4.69) is 0 Å². The van der Waals surface area contributed by atoms with Gasteiger partial charge in [-0.25, -0.2) is 31.1 Å². The minimum absolute atomic E-state index is 0.0267. The van der Waals surface area contributed by atoms with E-state index >= 15 is 0 Å². The topological polar surface area (TPSA) is 57.7 Å². The van der Waals surface area contributed by atoms with E-state index in [1.807, 2.05) is 0 Å². The Bertz CT molecular complexity index is 1170. The molecule has 1 aliphatic heterocycles. The highest BCUT2D eigenvalue weighted by atomic mass is 35.5. The summed E-state index contributed by atoms with van der Waals surface area (Å²) in [5, 5.41) is 0.353. The first-order valence-corrected chi connectivity index (χ1v) is 10.7. The lowest BCUT2D eigenvalue weighted by atomic mass is 10.0. The van der Waals surface area contributed by atoms with E-state index < -0.39 is 79.2 Å². The zero-order chi connectivity index (χ0) is 26.1. The second-order valence-corrected chi connectivity index (χ2v) is 8.69. The van der Waals surface area contributed by atoms with Crippen molar-refractivity contribution in [1.29, 1.82) is 0 Å². The number of amides is 4. The van der Waals surface area contributed by atoms with Crippen LogP contribution in [0.1, 0.15) is 23.1 Å². The fraction of sp³-hybridized carbons (Fsp3) is 0.348. The predicted molar refractivity (Wildman–Crippen MR) is 113 cm³/mol. The lowest BCUT2D eigenvalue weighted by molar-refractivity contribution is -0.149. The number of carbonyl (C=O) groups is 3. The zero-order valence-electron chi connectivity index (χ0n) is 18.3. The molecular weight excluding hydrogens is 502 g/mol. The Hall–Kier alpha value is -3.08. The Morgan fingerprint density at radius 1 is 0.886 bits per heavy atom. The maximum absolute atomic E-state index is 14.7. The summed E-state index contributed by atoms with van der Waals surface area (Å²) in [6, 6.07) is 5.14. The minimum Gasteiger partial charge on any atom is -0.274 e. The monoisotopic (exact) mass is 520 g/mol. The molecule has 5 nitrogen and oxygen atoms in total. The molecule has 188 valence electrons. The van der Waals surface area contributed by atoms with E-state index in [1.165, 1.54) is 18.2 Å². The quantitative estimate of drug-likeness (QED) is 0.357. The molecule has 1 heterocycles. The van der Waals surface area contributed by atoms with Crippen LogP contribution in [0.15, 0.2) is 36.4 Å². The van der Waals surface area contributed by atoms with Gasteiger partial charge in [0.2, 0.25) is 11.8 Å². The van der Waals surface area contributed by atoms with Gasteiger partial charge >= 0.3 is 6.03 Å². The molecule has 0 N–H and O–H groups in total. The number of benzene rings is 2. The summed E-state index contributed by atoms with van der Waals surface area (Å²) in [5.41, 5.74) is -0.0196. The molecule has 0 bridgehead atoms. The van der Waals surface area contributed by atoms with Crippen molar-refractivity contribution in [3.8, 4) is 0 Å². The van der Waals surface area contributed by atoms with Crippen LogP contribution in [0.2, 0.25) is 5.02 Å². The summed E-state index contributed by atoms with van der Waals surface area (Å²) in [5.74, 6) is -13.0. The van der Waals surface area contributed by atoms with Crippen LogP contribution in [0, 0.1) is 18.6 Å². The van der Waals surface area contributed by atoms with E-state index in [-0.39, 0.29) is 15.4 Å². The van der Waals surface area contributed by atoms with Gasteiger partial charge in [0, 0.05) is 17.9 Å². The van der Waals surface area contributed by atoms with Gasteiger partial charge in [-0.1, -0.05) is 35.9 Å².